The molecule has 1 unspecified atom stereocenters. The molecule has 0 aliphatic carbocycles. The zero-order valence-corrected chi connectivity index (χ0v) is 11.2. The second kappa shape index (κ2) is 6.53. The molecule has 0 radical (unpaired) electrons. The molecule has 94 valence electrons. The highest BCUT2D eigenvalue weighted by Gasteiger charge is 2.12. The first kappa shape index (κ1) is 13.1. The van der Waals surface area contributed by atoms with Crippen molar-refractivity contribution in [3.63, 3.8) is 0 Å². The molecule has 0 spiro atoms. The zero-order valence-electron chi connectivity index (χ0n) is 10.4. The number of benzene rings is 1. The zero-order chi connectivity index (χ0) is 12.8. The lowest BCUT2D eigenvalue weighted by Crippen LogP contribution is -2.23. The fraction of sp³-hybridized carbons (Fsp3) is 0.267. The summed E-state index contributed by atoms with van der Waals surface area (Å²) in [6, 6.07) is 12.4. The fourth-order valence-corrected chi connectivity index (χ4v) is 2.25. The average molecular weight is 261 g/mol. The van der Waals surface area contributed by atoms with Crippen LogP contribution in [0.25, 0.3) is 0 Å². The quantitative estimate of drug-likeness (QED) is 0.888. The lowest BCUT2D eigenvalue weighted by Gasteiger charge is -2.18. The van der Waals surface area contributed by atoms with Gasteiger partial charge in [-0.2, -0.15) is 0 Å². The number of hydrogen-bond donors (Lipinski definition) is 1. The third-order valence-electron chi connectivity index (χ3n) is 2.94. The van der Waals surface area contributed by atoms with Crippen LogP contribution in [-0.2, 0) is 6.42 Å². The third kappa shape index (κ3) is 3.31. The number of halogens is 1. The Kier molecular flexibility index (Phi) is 4.73. The lowest BCUT2D eigenvalue weighted by atomic mass is 10.00. The molecule has 1 aromatic carbocycles. The first-order chi connectivity index (χ1) is 8.81. The number of nitrogens with one attached hydrogen (secondary N) is 1. The summed E-state index contributed by atoms with van der Waals surface area (Å²) in [5.41, 5.74) is 2.41. The standard InChI is InChI=1S/C15H17ClN2/c1-2-18-15(12-7-9-17-10-8-12)11-13-5-3-4-6-14(13)16/h3-10,15,18H,2,11H2,1H3. The first-order valence-electron chi connectivity index (χ1n) is 6.18. The molecule has 18 heavy (non-hydrogen) atoms. The highest BCUT2D eigenvalue weighted by Crippen LogP contribution is 2.23. The fourth-order valence-electron chi connectivity index (χ4n) is 2.03. The van der Waals surface area contributed by atoms with Crippen LogP contribution in [0, 0.1) is 0 Å². The molecule has 1 heterocycles. The van der Waals surface area contributed by atoms with Gasteiger partial charge in [0.1, 0.15) is 0 Å². The van der Waals surface area contributed by atoms with Gasteiger partial charge in [-0.1, -0.05) is 36.7 Å². The third-order valence-corrected chi connectivity index (χ3v) is 3.31. The Bertz CT molecular complexity index is 485. The Morgan fingerprint density at radius 2 is 1.89 bits per heavy atom. The Morgan fingerprint density at radius 3 is 2.56 bits per heavy atom. The number of pyridine rings is 1. The van der Waals surface area contributed by atoms with Gasteiger partial charge in [-0.15, -0.1) is 0 Å². The molecule has 2 nitrogen and oxygen atoms in total. The Hall–Kier alpha value is -1.38. The van der Waals surface area contributed by atoms with Gasteiger partial charge in [-0.05, 0) is 42.3 Å². The van der Waals surface area contributed by atoms with E-state index in [4.69, 9.17) is 11.6 Å². The van der Waals surface area contributed by atoms with E-state index in [-0.39, 0.29) is 6.04 Å². The molecule has 0 amide bonds. The van der Waals surface area contributed by atoms with Gasteiger partial charge in [-0.25, -0.2) is 0 Å². The maximum absolute atomic E-state index is 6.22. The van der Waals surface area contributed by atoms with Gasteiger partial charge < -0.3 is 5.32 Å². The lowest BCUT2D eigenvalue weighted by molar-refractivity contribution is 0.549. The summed E-state index contributed by atoms with van der Waals surface area (Å²) >= 11 is 6.22. The Labute approximate surface area is 113 Å². The van der Waals surface area contributed by atoms with Gasteiger partial charge in [0.15, 0.2) is 0 Å². The monoisotopic (exact) mass is 260 g/mol. The van der Waals surface area contributed by atoms with E-state index in [9.17, 15) is 0 Å². The first-order valence-corrected chi connectivity index (χ1v) is 6.55. The summed E-state index contributed by atoms with van der Waals surface area (Å²) in [6.07, 6.45) is 4.54. The highest BCUT2D eigenvalue weighted by atomic mass is 35.5. The molecule has 1 atom stereocenters. The maximum atomic E-state index is 6.22. The molecule has 0 saturated carbocycles. The summed E-state index contributed by atoms with van der Waals surface area (Å²) in [5, 5.41) is 4.32. The van der Waals surface area contributed by atoms with E-state index >= 15 is 0 Å². The van der Waals surface area contributed by atoms with Crippen LogP contribution in [-0.4, -0.2) is 11.5 Å². The van der Waals surface area contributed by atoms with Crippen LogP contribution in [0.3, 0.4) is 0 Å². The summed E-state index contributed by atoms with van der Waals surface area (Å²) in [7, 11) is 0. The number of hydrogen-bond acceptors (Lipinski definition) is 2. The van der Waals surface area contributed by atoms with Gasteiger partial charge in [0.2, 0.25) is 0 Å². The van der Waals surface area contributed by atoms with E-state index in [1.807, 2.05) is 42.7 Å². The maximum Gasteiger partial charge on any atom is 0.0438 e. The van der Waals surface area contributed by atoms with Crippen molar-refractivity contribution in [3.05, 3.63) is 64.9 Å². The Balaban J connectivity index is 2.19. The molecule has 0 saturated heterocycles. The van der Waals surface area contributed by atoms with Crippen molar-refractivity contribution in [3.8, 4) is 0 Å². The van der Waals surface area contributed by atoms with E-state index in [0.29, 0.717) is 0 Å². The molecular formula is C15H17ClN2. The van der Waals surface area contributed by atoms with Crippen LogP contribution in [0.15, 0.2) is 48.8 Å². The molecule has 1 N–H and O–H groups in total. The van der Waals surface area contributed by atoms with Gasteiger partial charge in [-0.3, -0.25) is 4.98 Å². The predicted octanol–water partition coefficient (Wildman–Crippen LogP) is 3.63. The highest BCUT2D eigenvalue weighted by molar-refractivity contribution is 6.31. The van der Waals surface area contributed by atoms with Crippen LogP contribution >= 0.6 is 11.6 Å². The Morgan fingerprint density at radius 1 is 1.17 bits per heavy atom. The average Bonchev–Trinajstić information content (AvgIpc) is 2.42. The van der Waals surface area contributed by atoms with Crippen molar-refractivity contribution < 1.29 is 0 Å². The van der Waals surface area contributed by atoms with E-state index in [1.54, 1.807) is 0 Å². The number of aromatic nitrogens is 1. The van der Waals surface area contributed by atoms with Crippen molar-refractivity contribution in [1.82, 2.24) is 10.3 Å². The normalized spacial score (nSPS) is 12.3. The summed E-state index contributed by atoms with van der Waals surface area (Å²) in [5.74, 6) is 0. The molecule has 3 heteroatoms. The number of rotatable bonds is 5. The van der Waals surface area contributed by atoms with Crippen LogP contribution < -0.4 is 5.32 Å². The molecule has 1 aromatic heterocycles. The van der Waals surface area contributed by atoms with Crippen molar-refractivity contribution in [2.75, 3.05) is 6.54 Å². The molecule has 0 aliphatic rings. The number of nitrogens with zero attached hydrogens (tertiary/aromatic N) is 1. The molecule has 2 aromatic rings. The van der Waals surface area contributed by atoms with Crippen molar-refractivity contribution >= 4 is 11.6 Å². The van der Waals surface area contributed by atoms with Crippen LogP contribution in [0.1, 0.15) is 24.1 Å². The second-order valence-corrected chi connectivity index (χ2v) is 4.59. The molecule has 0 aliphatic heterocycles. The topological polar surface area (TPSA) is 24.9 Å². The summed E-state index contributed by atoms with van der Waals surface area (Å²) < 4.78 is 0. The van der Waals surface area contributed by atoms with Gasteiger partial charge in [0.25, 0.3) is 0 Å². The predicted molar refractivity (Wildman–Crippen MR) is 75.8 cm³/mol. The second-order valence-electron chi connectivity index (χ2n) is 4.19. The molecule has 0 bridgehead atoms. The summed E-state index contributed by atoms with van der Waals surface area (Å²) in [6.45, 7) is 3.04. The SMILES string of the molecule is CCNC(Cc1ccccc1Cl)c1ccncc1. The van der Waals surface area contributed by atoms with E-state index in [2.05, 4.69) is 23.3 Å². The minimum absolute atomic E-state index is 0.276. The van der Waals surface area contributed by atoms with Gasteiger partial charge in [0.05, 0.1) is 0 Å². The minimum Gasteiger partial charge on any atom is -0.310 e. The molecular weight excluding hydrogens is 244 g/mol. The van der Waals surface area contributed by atoms with Crippen molar-refractivity contribution in [2.24, 2.45) is 0 Å². The van der Waals surface area contributed by atoms with E-state index < -0.39 is 0 Å². The van der Waals surface area contributed by atoms with E-state index in [1.165, 1.54) is 11.1 Å². The van der Waals surface area contributed by atoms with Crippen molar-refractivity contribution in [1.29, 1.82) is 0 Å². The molecule has 2 rings (SSSR count). The minimum atomic E-state index is 0.276. The summed E-state index contributed by atoms with van der Waals surface area (Å²) in [4.78, 5) is 4.06. The van der Waals surface area contributed by atoms with Gasteiger partial charge >= 0.3 is 0 Å². The largest absolute Gasteiger partial charge is 0.310 e. The number of likely N-dealkylation sites (N-methyl/N-ethyl adjacent to an activating group) is 1. The van der Waals surface area contributed by atoms with E-state index in [0.717, 1.165) is 18.0 Å². The van der Waals surface area contributed by atoms with Crippen LogP contribution in [0.5, 0.6) is 0 Å². The van der Waals surface area contributed by atoms with Crippen LogP contribution in [0.4, 0.5) is 0 Å². The van der Waals surface area contributed by atoms with Gasteiger partial charge in [0, 0.05) is 23.5 Å². The van der Waals surface area contributed by atoms with Crippen molar-refractivity contribution in [2.45, 2.75) is 19.4 Å². The molecule has 0 fully saturated rings. The smallest absolute Gasteiger partial charge is 0.0438 e. The van der Waals surface area contributed by atoms with Crippen LogP contribution in [0.2, 0.25) is 5.02 Å².